The number of hydrogen-bond acceptors (Lipinski definition) is 6. The van der Waals surface area contributed by atoms with Gasteiger partial charge in [0.1, 0.15) is 16.9 Å². The Bertz CT molecular complexity index is 900. The lowest BCUT2D eigenvalue weighted by atomic mass is 10.2. The molecule has 27 heavy (non-hydrogen) atoms. The van der Waals surface area contributed by atoms with Gasteiger partial charge in [-0.25, -0.2) is 9.97 Å². The molecular weight excluding hydrogens is 340 g/mol. The van der Waals surface area contributed by atoms with Crippen LogP contribution in [0.4, 0.5) is 5.82 Å². The van der Waals surface area contributed by atoms with Gasteiger partial charge >= 0.3 is 0 Å². The topological polar surface area (TPSA) is 69.3 Å². The molecule has 3 heterocycles. The average molecular weight is 368 g/mol. The standard InChI is InChI=1S/C20H28N6O/c1-25(2)9-5-8-21-20-19-18(15-6-3-4-7-16(15)22-19)23-17(24-20)14-26-10-12-27-13-11-26/h3-4,6-7,22H,5,8-14H2,1-2H3,(H,21,23,24). The Balaban J connectivity index is 1.64. The Morgan fingerprint density at radius 1 is 1.19 bits per heavy atom. The van der Waals surface area contributed by atoms with E-state index in [0.717, 1.165) is 85.9 Å². The molecule has 7 heteroatoms. The predicted molar refractivity (Wildman–Crippen MR) is 109 cm³/mol. The molecule has 0 unspecified atom stereocenters. The van der Waals surface area contributed by atoms with Crippen LogP contribution in [-0.4, -0.2) is 78.2 Å². The van der Waals surface area contributed by atoms with Crippen molar-refractivity contribution in [1.29, 1.82) is 0 Å². The minimum absolute atomic E-state index is 0.755. The first-order valence-electron chi connectivity index (χ1n) is 9.67. The Hall–Kier alpha value is -2.22. The number of ether oxygens (including phenoxy) is 1. The first-order valence-corrected chi connectivity index (χ1v) is 9.67. The fourth-order valence-corrected chi connectivity index (χ4v) is 3.51. The number of anilines is 1. The Morgan fingerprint density at radius 3 is 2.81 bits per heavy atom. The summed E-state index contributed by atoms with van der Waals surface area (Å²) in [5.74, 6) is 1.77. The summed E-state index contributed by atoms with van der Waals surface area (Å²) in [4.78, 5) is 17.8. The SMILES string of the molecule is CN(C)CCCNc1nc(CN2CCOCC2)nc2c1[nH]c1ccccc12. The molecule has 0 amide bonds. The van der Waals surface area contributed by atoms with Gasteiger partial charge in [-0.2, -0.15) is 0 Å². The Morgan fingerprint density at radius 2 is 2.00 bits per heavy atom. The first-order chi connectivity index (χ1) is 13.2. The first kappa shape index (κ1) is 18.2. The lowest BCUT2D eigenvalue weighted by Gasteiger charge is -2.25. The molecule has 3 aromatic rings. The van der Waals surface area contributed by atoms with Crippen LogP contribution in [0.2, 0.25) is 0 Å². The van der Waals surface area contributed by atoms with E-state index in [1.165, 1.54) is 0 Å². The van der Waals surface area contributed by atoms with Crippen molar-refractivity contribution < 1.29 is 4.74 Å². The number of benzene rings is 1. The van der Waals surface area contributed by atoms with Gasteiger partial charge in [-0.1, -0.05) is 18.2 Å². The number of aromatic amines is 1. The highest BCUT2D eigenvalue weighted by Crippen LogP contribution is 2.28. The van der Waals surface area contributed by atoms with E-state index in [0.29, 0.717) is 0 Å². The number of rotatable bonds is 7. The number of morpholine rings is 1. The second-order valence-electron chi connectivity index (χ2n) is 7.35. The van der Waals surface area contributed by atoms with Crippen LogP contribution in [-0.2, 0) is 11.3 Å². The number of nitrogens with zero attached hydrogens (tertiary/aromatic N) is 4. The van der Waals surface area contributed by atoms with Gasteiger partial charge in [-0.3, -0.25) is 4.90 Å². The smallest absolute Gasteiger partial charge is 0.154 e. The summed E-state index contributed by atoms with van der Waals surface area (Å²) >= 11 is 0. The Labute approximate surface area is 159 Å². The second kappa shape index (κ2) is 8.21. The van der Waals surface area contributed by atoms with Crippen LogP contribution in [0.1, 0.15) is 12.2 Å². The molecule has 0 aliphatic carbocycles. The molecule has 144 valence electrons. The van der Waals surface area contributed by atoms with Gasteiger partial charge in [0.15, 0.2) is 5.82 Å². The van der Waals surface area contributed by atoms with Crippen LogP contribution >= 0.6 is 0 Å². The zero-order valence-corrected chi connectivity index (χ0v) is 16.2. The summed E-state index contributed by atoms with van der Waals surface area (Å²) in [6, 6.07) is 8.32. The van der Waals surface area contributed by atoms with Crippen molar-refractivity contribution in [2.24, 2.45) is 0 Å². The third-order valence-electron chi connectivity index (χ3n) is 4.94. The van der Waals surface area contributed by atoms with Crippen molar-refractivity contribution in [2.75, 3.05) is 58.8 Å². The molecule has 0 spiro atoms. The number of H-pyrrole nitrogens is 1. The lowest BCUT2D eigenvalue weighted by molar-refractivity contribution is 0.0331. The van der Waals surface area contributed by atoms with Crippen LogP contribution in [0, 0.1) is 0 Å². The molecule has 2 N–H and O–H groups in total. The van der Waals surface area contributed by atoms with E-state index < -0.39 is 0 Å². The van der Waals surface area contributed by atoms with Crippen LogP contribution in [0.3, 0.4) is 0 Å². The van der Waals surface area contributed by atoms with Gasteiger partial charge in [-0.15, -0.1) is 0 Å². The van der Waals surface area contributed by atoms with Gasteiger partial charge < -0.3 is 19.9 Å². The van der Waals surface area contributed by atoms with Gasteiger partial charge in [-0.05, 0) is 33.1 Å². The highest BCUT2D eigenvalue weighted by atomic mass is 16.5. The number of hydrogen-bond donors (Lipinski definition) is 2. The molecule has 1 aliphatic heterocycles. The second-order valence-corrected chi connectivity index (χ2v) is 7.35. The van der Waals surface area contributed by atoms with Crippen molar-refractivity contribution in [3.8, 4) is 0 Å². The van der Waals surface area contributed by atoms with Crippen LogP contribution in [0.5, 0.6) is 0 Å². The maximum atomic E-state index is 5.46. The maximum Gasteiger partial charge on any atom is 0.154 e. The lowest BCUT2D eigenvalue weighted by Crippen LogP contribution is -2.36. The minimum Gasteiger partial charge on any atom is -0.379 e. The molecule has 0 bridgehead atoms. The molecule has 4 rings (SSSR count). The van der Waals surface area contributed by atoms with Crippen LogP contribution in [0.25, 0.3) is 21.9 Å². The predicted octanol–water partition coefficient (Wildman–Crippen LogP) is 2.31. The third kappa shape index (κ3) is 4.21. The Kier molecular flexibility index (Phi) is 5.52. The number of nitrogens with one attached hydrogen (secondary N) is 2. The number of para-hydroxylation sites is 1. The zero-order chi connectivity index (χ0) is 18.6. The molecular formula is C20H28N6O. The van der Waals surface area contributed by atoms with Gasteiger partial charge in [0, 0.05) is 30.5 Å². The summed E-state index contributed by atoms with van der Waals surface area (Å²) in [6.07, 6.45) is 1.07. The van der Waals surface area contributed by atoms with Gasteiger partial charge in [0.2, 0.25) is 0 Å². The van der Waals surface area contributed by atoms with E-state index in [1.807, 2.05) is 6.07 Å². The van der Waals surface area contributed by atoms with Gasteiger partial charge in [0.05, 0.1) is 19.8 Å². The van der Waals surface area contributed by atoms with E-state index in [1.54, 1.807) is 0 Å². The summed E-state index contributed by atoms with van der Waals surface area (Å²) in [5.41, 5.74) is 3.09. The van der Waals surface area contributed by atoms with Gasteiger partial charge in [0.25, 0.3) is 0 Å². The van der Waals surface area contributed by atoms with Crippen molar-refractivity contribution in [3.63, 3.8) is 0 Å². The molecule has 1 aromatic carbocycles. The summed E-state index contributed by atoms with van der Waals surface area (Å²) in [5, 5.41) is 4.68. The number of aromatic nitrogens is 3. The van der Waals surface area contributed by atoms with Crippen LogP contribution < -0.4 is 5.32 Å². The fourth-order valence-electron chi connectivity index (χ4n) is 3.51. The molecule has 0 atom stereocenters. The molecule has 0 radical (unpaired) electrons. The van der Waals surface area contributed by atoms with E-state index in [-0.39, 0.29) is 0 Å². The summed E-state index contributed by atoms with van der Waals surface area (Å²) < 4.78 is 5.46. The molecule has 2 aromatic heterocycles. The summed E-state index contributed by atoms with van der Waals surface area (Å²) in [6.45, 7) is 6.12. The zero-order valence-electron chi connectivity index (χ0n) is 16.2. The average Bonchev–Trinajstić information content (AvgIpc) is 3.05. The normalized spacial score (nSPS) is 15.8. The fraction of sp³-hybridized carbons (Fsp3) is 0.500. The quantitative estimate of drug-likeness (QED) is 0.624. The van der Waals surface area contributed by atoms with E-state index in [2.05, 4.69) is 52.4 Å². The molecule has 1 aliphatic rings. The van der Waals surface area contributed by atoms with Crippen molar-refractivity contribution in [1.82, 2.24) is 24.8 Å². The molecule has 1 saturated heterocycles. The maximum absolute atomic E-state index is 5.46. The monoisotopic (exact) mass is 368 g/mol. The number of fused-ring (bicyclic) bond motifs is 3. The van der Waals surface area contributed by atoms with E-state index in [4.69, 9.17) is 14.7 Å². The molecule has 7 nitrogen and oxygen atoms in total. The van der Waals surface area contributed by atoms with Crippen molar-refractivity contribution in [3.05, 3.63) is 30.1 Å². The minimum atomic E-state index is 0.755. The third-order valence-corrected chi connectivity index (χ3v) is 4.94. The molecule has 1 fully saturated rings. The molecule has 0 saturated carbocycles. The van der Waals surface area contributed by atoms with E-state index >= 15 is 0 Å². The van der Waals surface area contributed by atoms with E-state index in [9.17, 15) is 0 Å². The van der Waals surface area contributed by atoms with Crippen molar-refractivity contribution in [2.45, 2.75) is 13.0 Å². The summed E-state index contributed by atoms with van der Waals surface area (Å²) in [7, 11) is 4.20. The highest BCUT2D eigenvalue weighted by Gasteiger charge is 2.16. The largest absolute Gasteiger partial charge is 0.379 e. The van der Waals surface area contributed by atoms with Crippen LogP contribution in [0.15, 0.2) is 24.3 Å². The van der Waals surface area contributed by atoms with Crippen molar-refractivity contribution >= 4 is 27.8 Å². The highest BCUT2D eigenvalue weighted by molar-refractivity contribution is 6.08.